The molecule has 102 valence electrons. The Morgan fingerprint density at radius 1 is 0.833 bits per heavy atom. The summed E-state index contributed by atoms with van der Waals surface area (Å²) < 4.78 is 93.5. The molecule has 0 aliphatic heterocycles. The molecule has 0 N–H and O–H groups in total. The fraction of sp³-hybridized carbons (Fsp3) is 0.400. The van der Waals surface area contributed by atoms with Gasteiger partial charge >= 0.3 is 6.18 Å². The average molecular weight is 276 g/mol. The Balaban J connectivity index is 3.56. The topological polar surface area (TPSA) is 9.23 Å². The van der Waals surface area contributed by atoms with Gasteiger partial charge in [0.25, 0.3) is 0 Å². The first-order valence-corrected chi connectivity index (χ1v) is 4.67. The molecule has 0 aliphatic rings. The summed E-state index contributed by atoms with van der Waals surface area (Å²) in [5.74, 6) is -11.0. The molecule has 0 unspecified atom stereocenters. The predicted molar refractivity (Wildman–Crippen MR) is 47.0 cm³/mol. The van der Waals surface area contributed by atoms with E-state index in [1.54, 1.807) is 0 Å². The Labute approximate surface area is 97.2 Å². The third-order valence-electron chi connectivity index (χ3n) is 1.86. The van der Waals surface area contributed by atoms with Crippen LogP contribution in [0, 0.1) is 23.3 Å². The molecule has 1 aromatic rings. The second-order valence-corrected chi connectivity index (χ2v) is 3.62. The molecule has 1 nitrogen and oxygen atoms in total. The van der Waals surface area contributed by atoms with E-state index in [1.165, 1.54) is 13.8 Å². The van der Waals surface area contributed by atoms with Crippen LogP contribution in [0.15, 0.2) is 0 Å². The smallest absolute Gasteiger partial charge is 0.422 e. The van der Waals surface area contributed by atoms with Crippen LogP contribution in [-0.2, 0) is 6.18 Å². The van der Waals surface area contributed by atoms with Crippen LogP contribution in [0.5, 0.6) is 5.75 Å². The molecule has 0 fully saturated rings. The second-order valence-electron chi connectivity index (χ2n) is 3.62. The van der Waals surface area contributed by atoms with E-state index in [1.807, 2.05) is 0 Å². The molecule has 0 aliphatic carbocycles. The summed E-state index contributed by atoms with van der Waals surface area (Å²) in [6.07, 6.45) is -6.42. The molecule has 1 aromatic carbocycles. The Morgan fingerprint density at radius 2 is 1.22 bits per heavy atom. The first-order valence-electron chi connectivity index (χ1n) is 4.67. The SMILES string of the molecule is CC(C)Oc1c(F)c(F)c(C(F)(F)F)c(F)c1F. The van der Waals surface area contributed by atoms with E-state index in [0.29, 0.717) is 0 Å². The molecule has 0 amide bonds. The third kappa shape index (κ3) is 2.51. The Kier molecular flexibility index (Phi) is 3.78. The van der Waals surface area contributed by atoms with Gasteiger partial charge in [-0.15, -0.1) is 0 Å². The lowest BCUT2D eigenvalue weighted by Crippen LogP contribution is -2.18. The molecule has 0 heterocycles. The van der Waals surface area contributed by atoms with Crippen LogP contribution in [-0.4, -0.2) is 6.10 Å². The van der Waals surface area contributed by atoms with Gasteiger partial charge in [-0.2, -0.15) is 22.0 Å². The zero-order chi connectivity index (χ0) is 14.2. The van der Waals surface area contributed by atoms with Crippen molar-refractivity contribution in [3.8, 4) is 5.75 Å². The zero-order valence-electron chi connectivity index (χ0n) is 9.13. The highest BCUT2D eigenvalue weighted by Gasteiger charge is 2.42. The highest BCUT2D eigenvalue weighted by Crippen LogP contribution is 2.39. The summed E-state index contributed by atoms with van der Waals surface area (Å²) in [4.78, 5) is 0. The normalized spacial score (nSPS) is 12.1. The van der Waals surface area contributed by atoms with Crippen molar-refractivity contribution in [2.75, 3.05) is 0 Å². The van der Waals surface area contributed by atoms with E-state index in [0.717, 1.165) is 0 Å². The van der Waals surface area contributed by atoms with Crippen molar-refractivity contribution < 1.29 is 35.5 Å². The summed E-state index contributed by atoms with van der Waals surface area (Å²) >= 11 is 0. The van der Waals surface area contributed by atoms with Gasteiger partial charge in [0.15, 0.2) is 17.4 Å². The maximum absolute atomic E-state index is 13.2. The summed E-state index contributed by atoms with van der Waals surface area (Å²) in [6, 6.07) is 0. The van der Waals surface area contributed by atoms with Crippen molar-refractivity contribution in [2.45, 2.75) is 26.1 Å². The number of ether oxygens (including phenoxy) is 1. The minimum Gasteiger partial charge on any atom is -0.485 e. The van der Waals surface area contributed by atoms with Gasteiger partial charge in [-0.05, 0) is 13.8 Å². The second kappa shape index (κ2) is 4.66. The van der Waals surface area contributed by atoms with Crippen LogP contribution in [0.1, 0.15) is 19.4 Å². The minimum atomic E-state index is -5.55. The van der Waals surface area contributed by atoms with Gasteiger partial charge < -0.3 is 4.74 Å². The molecule has 0 radical (unpaired) electrons. The molecular weight excluding hydrogens is 269 g/mol. The summed E-state index contributed by atoms with van der Waals surface area (Å²) in [5.41, 5.74) is -2.62. The van der Waals surface area contributed by atoms with Crippen molar-refractivity contribution in [1.82, 2.24) is 0 Å². The zero-order valence-corrected chi connectivity index (χ0v) is 9.13. The van der Waals surface area contributed by atoms with Crippen LogP contribution >= 0.6 is 0 Å². The number of rotatable bonds is 2. The van der Waals surface area contributed by atoms with Crippen LogP contribution in [0.3, 0.4) is 0 Å². The van der Waals surface area contributed by atoms with Gasteiger partial charge in [-0.1, -0.05) is 0 Å². The van der Waals surface area contributed by atoms with Crippen LogP contribution in [0.2, 0.25) is 0 Å². The van der Waals surface area contributed by atoms with E-state index in [2.05, 4.69) is 4.74 Å². The van der Waals surface area contributed by atoms with Gasteiger partial charge in [0.1, 0.15) is 5.56 Å². The molecule has 0 bridgehead atoms. The Bertz CT molecular complexity index is 435. The average Bonchev–Trinajstić information content (AvgIpc) is 2.19. The van der Waals surface area contributed by atoms with E-state index in [4.69, 9.17) is 0 Å². The minimum absolute atomic E-state index is 0.871. The maximum Gasteiger partial charge on any atom is 0.422 e. The maximum atomic E-state index is 13.2. The molecule has 18 heavy (non-hydrogen) atoms. The first kappa shape index (κ1) is 14.6. The molecular formula is C10H7F7O. The molecule has 0 aromatic heterocycles. The lowest BCUT2D eigenvalue weighted by Gasteiger charge is -2.16. The Hall–Kier alpha value is -1.47. The lowest BCUT2D eigenvalue weighted by atomic mass is 10.1. The molecule has 0 saturated heterocycles. The monoisotopic (exact) mass is 276 g/mol. The predicted octanol–water partition coefficient (Wildman–Crippen LogP) is 4.05. The van der Waals surface area contributed by atoms with Gasteiger partial charge in [-0.25, -0.2) is 8.78 Å². The Morgan fingerprint density at radius 3 is 1.50 bits per heavy atom. The first-order chi connectivity index (χ1) is 8.07. The number of halogens is 7. The number of hydrogen-bond donors (Lipinski definition) is 0. The summed E-state index contributed by atoms with van der Waals surface area (Å²) in [5, 5.41) is 0. The van der Waals surface area contributed by atoms with Crippen molar-refractivity contribution in [2.24, 2.45) is 0 Å². The van der Waals surface area contributed by atoms with E-state index >= 15 is 0 Å². The van der Waals surface area contributed by atoms with Crippen LogP contribution in [0.25, 0.3) is 0 Å². The number of alkyl halides is 3. The van der Waals surface area contributed by atoms with Gasteiger partial charge in [0.2, 0.25) is 11.6 Å². The molecule has 8 heteroatoms. The van der Waals surface area contributed by atoms with Gasteiger partial charge in [0, 0.05) is 0 Å². The fourth-order valence-electron chi connectivity index (χ4n) is 1.20. The highest BCUT2D eigenvalue weighted by molar-refractivity contribution is 5.36. The van der Waals surface area contributed by atoms with E-state index < -0.39 is 46.9 Å². The molecule has 0 spiro atoms. The van der Waals surface area contributed by atoms with E-state index in [9.17, 15) is 30.7 Å². The quantitative estimate of drug-likeness (QED) is 0.585. The third-order valence-corrected chi connectivity index (χ3v) is 1.86. The van der Waals surface area contributed by atoms with Crippen LogP contribution < -0.4 is 4.74 Å². The molecule has 0 atom stereocenters. The van der Waals surface area contributed by atoms with Crippen LogP contribution in [0.4, 0.5) is 30.7 Å². The summed E-state index contributed by atoms with van der Waals surface area (Å²) in [7, 11) is 0. The lowest BCUT2D eigenvalue weighted by molar-refractivity contribution is -0.143. The number of benzene rings is 1. The fourth-order valence-corrected chi connectivity index (χ4v) is 1.20. The molecule has 0 saturated carbocycles. The van der Waals surface area contributed by atoms with E-state index in [-0.39, 0.29) is 0 Å². The van der Waals surface area contributed by atoms with Crippen molar-refractivity contribution in [3.05, 3.63) is 28.8 Å². The van der Waals surface area contributed by atoms with Gasteiger partial charge in [-0.3, -0.25) is 0 Å². The largest absolute Gasteiger partial charge is 0.485 e. The highest BCUT2D eigenvalue weighted by atomic mass is 19.4. The van der Waals surface area contributed by atoms with Crippen molar-refractivity contribution in [3.63, 3.8) is 0 Å². The summed E-state index contributed by atoms with van der Waals surface area (Å²) in [6.45, 7) is 2.57. The van der Waals surface area contributed by atoms with Gasteiger partial charge in [0.05, 0.1) is 6.10 Å². The van der Waals surface area contributed by atoms with Crippen molar-refractivity contribution >= 4 is 0 Å². The van der Waals surface area contributed by atoms with Crippen molar-refractivity contribution in [1.29, 1.82) is 0 Å². The number of hydrogen-bond acceptors (Lipinski definition) is 1. The molecule has 1 rings (SSSR count). The standard InChI is InChI=1S/C10H7F7O/c1-3(2)18-9-7(13)5(11)4(10(15,16)17)6(12)8(9)14/h3H,1-2H3.